The van der Waals surface area contributed by atoms with Gasteiger partial charge in [0, 0.05) is 18.1 Å². The number of aliphatic carboxylic acids is 1. The number of carbonyl (C=O) groups is 1. The molecular weight excluding hydrogens is 242 g/mol. The molecule has 19 heavy (non-hydrogen) atoms. The van der Waals surface area contributed by atoms with Crippen LogP contribution in [0.3, 0.4) is 0 Å². The van der Waals surface area contributed by atoms with E-state index >= 15 is 0 Å². The summed E-state index contributed by atoms with van der Waals surface area (Å²) < 4.78 is 0. The molecular formula is C15H15NO3. The summed E-state index contributed by atoms with van der Waals surface area (Å²) in [6, 6.07) is 5.96. The van der Waals surface area contributed by atoms with E-state index in [0.29, 0.717) is 0 Å². The molecule has 4 nitrogen and oxygen atoms in total. The van der Waals surface area contributed by atoms with Gasteiger partial charge in [-0.1, -0.05) is 23.2 Å². The predicted molar refractivity (Wildman–Crippen MR) is 74.1 cm³/mol. The van der Waals surface area contributed by atoms with Crippen LogP contribution in [0.5, 0.6) is 0 Å². The van der Waals surface area contributed by atoms with Gasteiger partial charge in [-0.3, -0.25) is 4.79 Å². The van der Waals surface area contributed by atoms with E-state index in [9.17, 15) is 0 Å². The largest absolute Gasteiger partial charge is 0.481 e. The highest BCUT2D eigenvalue weighted by Gasteiger charge is 2.11. The Morgan fingerprint density at radius 1 is 1.53 bits per heavy atom. The van der Waals surface area contributed by atoms with Crippen LogP contribution in [-0.2, 0) is 16.1 Å². The maximum absolute atomic E-state index is 9.00. The lowest BCUT2D eigenvalue weighted by Gasteiger charge is -2.12. The number of oxime groups is 1. The van der Waals surface area contributed by atoms with Crippen LogP contribution in [0.15, 0.2) is 35.5 Å². The molecule has 1 aromatic carbocycles. The predicted octanol–water partition coefficient (Wildman–Crippen LogP) is 2.22. The van der Waals surface area contributed by atoms with Crippen LogP contribution in [-0.4, -0.2) is 23.9 Å². The van der Waals surface area contributed by atoms with Crippen molar-refractivity contribution in [1.82, 2.24) is 0 Å². The first-order valence-corrected chi connectivity index (χ1v) is 5.65. The molecule has 4 heteroatoms. The molecule has 0 spiro atoms. The Labute approximate surface area is 112 Å². The minimum atomic E-state index is -0.833. The number of benzene rings is 1. The molecule has 98 valence electrons. The van der Waals surface area contributed by atoms with Crippen LogP contribution >= 0.6 is 0 Å². The van der Waals surface area contributed by atoms with Gasteiger partial charge in [-0.25, -0.2) is 0 Å². The number of allylic oxidation sites excluding steroid dienone is 2. The SMILES string of the molecule is C#Cc1ccc2c(c1)C(=NOC)C=CC2.CC(=O)O. The average molecular weight is 257 g/mol. The molecule has 0 unspecified atom stereocenters. The van der Waals surface area contributed by atoms with Crippen molar-refractivity contribution in [3.05, 3.63) is 47.0 Å². The molecule has 2 rings (SSSR count). The van der Waals surface area contributed by atoms with E-state index in [1.165, 1.54) is 5.56 Å². The molecule has 1 N–H and O–H groups in total. The number of rotatable bonds is 1. The number of hydrogen-bond acceptors (Lipinski definition) is 3. The van der Waals surface area contributed by atoms with E-state index in [0.717, 1.165) is 30.2 Å². The third kappa shape index (κ3) is 4.32. The van der Waals surface area contributed by atoms with Crippen molar-refractivity contribution >= 4 is 11.7 Å². The first kappa shape index (κ1) is 14.5. The van der Waals surface area contributed by atoms with Crippen LogP contribution in [0.1, 0.15) is 23.6 Å². The van der Waals surface area contributed by atoms with Gasteiger partial charge in [-0.05, 0) is 30.2 Å². The maximum atomic E-state index is 9.00. The van der Waals surface area contributed by atoms with Crippen molar-refractivity contribution in [2.45, 2.75) is 13.3 Å². The van der Waals surface area contributed by atoms with E-state index in [-0.39, 0.29) is 0 Å². The molecule has 1 aromatic rings. The number of carboxylic acids is 1. The van der Waals surface area contributed by atoms with Crippen LogP contribution in [0.4, 0.5) is 0 Å². The fourth-order valence-electron chi connectivity index (χ4n) is 1.65. The molecule has 0 fully saturated rings. The zero-order chi connectivity index (χ0) is 14.3. The standard InChI is InChI=1S/C13H11NO.C2H4O2/c1-3-10-7-8-11-5-4-6-13(14-15-2)12(11)9-10;1-2(3)4/h1,4,6-9H,5H2,2H3;1H3,(H,3,4). The van der Waals surface area contributed by atoms with Crippen molar-refractivity contribution < 1.29 is 14.7 Å². The van der Waals surface area contributed by atoms with Crippen LogP contribution < -0.4 is 0 Å². The number of carboxylic acid groups (broad SMARTS) is 1. The van der Waals surface area contributed by atoms with Gasteiger partial charge < -0.3 is 9.94 Å². The van der Waals surface area contributed by atoms with Crippen molar-refractivity contribution in [1.29, 1.82) is 0 Å². The second-order valence-corrected chi connectivity index (χ2v) is 3.80. The number of nitrogens with zero attached hydrogens (tertiary/aromatic N) is 1. The van der Waals surface area contributed by atoms with E-state index < -0.39 is 5.97 Å². The summed E-state index contributed by atoms with van der Waals surface area (Å²) in [4.78, 5) is 13.8. The molecule has 0 radical (unpaired) electrons. The Bertz CT molecular complexity index is 561. The Kier molecular flexibility index (Phi) is 5.36. The Hall–Kier alpha value is -2.54. The fourth-order valence-corrected chi connectivity index (χ4v) is 1.65. The van der Waals surface area contributed by atoms with Gasteiger partial charge in [0.15, 0.2) is 0 Å². The molecule has 0 saturated heterocycles. The molecule has 1 aliphatic carbocycles. The van der Waals surface area contributed by atoms with E-state index in [4.69, 9.17) is 21.2 Å². The van der Waals surface area contributed by atoms with Gasteiger partial charge >= 0.3 is 0 Å². The third-order valence-corrected chi connectivity index (χ3v) is 2.36. The summed E-state index contributed by atoms with van der Waals surface area (Å²) in [6.45, 7) is 1.08. The Morgan fingerprint density at radius 3 is 2.79 bits per heavy atom. The lowest BCUT2D eigenvalue weighted by Crippen LogP contribution is -2.07. The molecule has 1 aliphatic rings. The summed E-state index contributed by atoms with van der Waals surface area (Å²) in [5, 5.41) is 11.4. The van der Waals surface area contributed by atoms with Gasteiger partial charge in [0.05, 0.1) is 0 Å². The summed E-state index contributed by atoms with van der Waals surface area (Å²) in [5.74, 6) is 1.79. The Balaban J connectivity index is 0.000000399. The zero-order valence-corrected chi connectivity index (χ0v) is 10.9. The van der Waals surface area contributed by atoms with Crippen LogP contribution in [0.2, 0.25) is 0 Å². The topological polar surface area (TPSA) is 58.9 Å². The smallest absolute Gasteiger partial charge is 0.300 e. The van der Waals surface area contributed by atoms with E-state index in [1.807, 2.05) is 24.3 Å². The summed E-state index contributed by atoms with van der Waals surface area (Å²) in [5.41, 5.74) is 3.99. The van der Waals surface area contributed by atoms with Crippen molar-refractivity contribution in [2.75, 3.05) is 7.11 Å². The lowest BCUT2D eigenvalue weighted by molar-refractivity contribution is -0.134. The number of hydrogen-bond donors (Lipinski definition) is 1. The van der Waals surface area contributed by atoms with E-state index in [2.05, 4.69) is 17.2 Å². The highest BCUT2D eigenvalue weighted by atomic mass is 16.6. The molecule has 0 saturated carbocycles. The van der Waals surface area contributed by atoms with Crippen LogP contribution in [0, 0.1) is 12.3 Å². The fraction of sp³-hybridized carbons (Fsp3) is 0.200. The summed E-state index contributed by atoms with van der Waals surface area (Å²) in [6.07, 6.45) is 10.3. The van der Waals surface area contributed by atoms with Gasteiger partial charge in [0.1, 0.15) is 12.8 Å². The quantitative estimate of drug-likeness (QED) is 0.620. The first-order chi connectivity index (χ1) is 9.08. The summed E-state index contributed by atoms with van der Waals surface area (Å²) in [7, 11) is 1.54. The van der Waals surface area contributed by atoms with Crippen molar-refractivity contribution in [3.63, 3.8) is 0 Å². The highest BCUT2D eigenvalue weighted by Crippen LogP contribution is 2.18. The van der Waals surface area contributed by atoms with E-state index in [1.54, 1.807) is 7.11 Å². The second-order valence-electron chi connectivity index (χ2n) is 3.80. The molecule has 0 atom stereocenters. The normalized spacial score (nSPS) is 13.8. The Morgan fingerprint density at radius 2 is 2.21 bits per heavy atom. The number of fused-ring (bicyclic) bond motifs is 1. The van der Waals surface area contributed by atoms with Gasteiger partial charge in [-0.2, -0.15) is 0 Å². The zero-order valence-electron chi connectivity index (χ0n) is 10.9. The van der Waals surface area contributed by atoms with Gasteiger partial charge in [0.2, 0.25) is 0 Å². The first-order valence-electron chi connectivity index (χ1n) is 5.65. The van der Waals surface area contributed by atoms with Crippen molar-refractivity contribution in [2.24, 2.45) is 5.16 Å². The third-order valence-electron chi connectivity index (χ3n) is 2.36. The molecule has 0 aromatic heterocycles. The van der Waals surface area contributed by atoms with Crippen molar-refractivity contribution in [3.8, 4) is 12.3 Å². The van der Waals surface area contributed by atoms with Gasteiger partial charge in [-0.15, -0.1) is 6.42 Å². The molecule has 0 amide bonds. The second kappa shape index (κ2) is 7.02. The average Bonchev–Trinajstić information content (AvgIpc) is 2.38. The summed E-state index contributed by atoms with van der Waals surface area (Å²) >= 11 is 0. The highest BCUT2D eigenvalue weighted by molar-refractivity contribution is 6.10. The monoisotopic (exact) mass is 257 g/mol. The molecule has 0 bridgehead atoms. The minimum absolute atomic E-state index is 0.829. The van der Waals surface area contributed by atoms with Gasteiger partial charge in [0.25, 0.3) is 5.97 Å². The molecule has 0 aliphatic heterocycles. The number of terminal acetylenes is 1. The minimum Gasteiger partial charge on any atom is -0.481 e. The maximum Gasteiger partial charge on any atom is 0.300 e. The lowest BCUT2D eigenvalue weighted by atomic mass is 9.93. The molecule has 0 heterocycles. The van der Waals surface area contributed by atoms with Crippen LogP contribution in [0.25, 0.3) is 0 Å².